The summed E-state index contributed by atoms with van der Waals surface area (Å²) in [5, 5.41) is 0.645. The Morgan fingerprint density at radius 2 is 1.97 bits per heavy atom. The van der Waals surface area contributed by atoms with E-state index in [0.717, 1.165) is 15.8 Å². The number of ether oxygens (including phenoxy) is 3. The summed E-state index contributed by atoms with van der Waals surface area (Å²) in [6.07, 6.45) is 3.13. The van der Waals surface area contributed by atoms with Crippen molar-refractivity contribution in [2.24, 2.45) is 4.99 Å². The van der Waals surface area contributed by atoms with Gasteiger partial charge < -0.3 is 18.8 Å². The van der Waals surface area contributed by atoms with Crippen molar-refractivity contribution in [3.05, 3.63) is 57.9 Å². The van der Waals surface area contributed by atoms with Crippen molar-refractivity contribution in [1.29, 1.82) is 0 Å². The zero-order valence-corrected chi connectivity index (χ0v) is 18.6. The number of fused-ring (bicyclic) bond motifs is 1. The largest absolute Gasteiger partial charge is 0.493 e. The number of carbonyl (C=O) groups excluding carboxylic acids is 1. The molecule has 0 aliphatic carbocycles. The van der Waals surface area contributed by atoms with Crippen LogP contribution in [0.25, 0.3) is 16.3 Å². The molecule has 0 radical (unpaired) electrons. The molecule has 1 amide bonds. The van der Waals surface area contributed by atoms with Crippen molar-refractivity contribution in [3.63, 3.8) is 0 Å². The summed E-state index contributed by atoms with van der Waals surface area (Å²) in [5.41, 5.74) is 1.78. The lowest BCUT2D eigenvalue weighted by Gasteiger charge is -2.07. The second-order valence-corrected chi connectivity index (χ2v) is 7.69. The Hall–Kier alpha value is -2.61. The van der Waals surface area contributed by atoms with Gasteiger partial charge in [-0.05, 0) is 48.9 Å². The van der Waals surface area contributed by atoms with E-state index in [1.807, 2.05) is 35.8 Å². The van der Waals surface area contributed by atoms with E-state index >= 15 is 0 Å². The zero-order valence-electron chi connectivity index (χ0n) is 17.1. The minimum atomic E-state index is -0.354. The number of nitrogens with zero attached hydrogens (tertiary/aromatic N) is 2. The van der Waals surface area contributed by atoms with Gasteiger partial charge in [-0.2, -0.15) is 4.99 Å². The van der Waals surface area contributed by atoms with E-state index in [4.69, 9.17) is 25.8 Å². The smallest absolute Gasteiger partial charge is 0.272 e. The number of carbonyl (C=O) groups is 1. The van der Waals surface area contributed by atoms with E-state index in [1.54, 1.807) is 32.4 Å². The molecular formula is C22H23ClN2O4S. The molecule has 0 spiro atoms. The molecule has 0 aliphatic heterocycles. The van der Waals surface area contributed by atoms with E-state index in [-0.39, 0.29) is 5.91 Å². The minimum absolute atomic E-state index is 0.354. The average Bonchev–Trinajstić information content (AvgIpc) is 3.08. The maximum atomic E-state index is 12.5. The lowest BCUT2D eigenvalue weighted by Crippen LogP contribution is -2.19. The Morgan fingerprint density at radius 3 is 2.70 bits per heavy atom. The zero-order chi connectivity index (χ0) is 21.5. The van der Waals surface area contributed by atoms with Crippen molar-refractivity contribution < 1.29 is 19.0 Å². The van der Waals surface area contributed by atoms with E-state index in [0.29, 0.717) is 41.1 Å². The number of hydrogen-bond acceptors (Lipinski definition) is 5. The summed E-state index contributed by atoms with van der Waals surface area (Å²) < 4.78 is 19.0. The molecule has 0 saturated heterocycles. The standard InChI is InChI=1S/C22H23ClN2O4S/c1-4-29-12-11-25-17-8-7-16(23)14-20(17)30-22(25)24-21(26)10-6-15-5-9-18(27-2)19(13-15)28-3/h5-10,13-14H,4,11-12H2,1-3H3. The van der Waals surface area contributed by atoms with Crippen molar-refractivity contribution >= 4 is 45.1 Å². The van der Waals surface area contributed by atoms with Crippen molar-refractivity contribution in [3.8, 4) is 11.5 Å². The van der Waals surface area contributed by atoms with Crippen LogP contribution in [0.3, 0.4) is 0 Å². The summed E-state index contributed by atoms with van der Waals surface area (Å²) >= 11 is 7.54. The summed E-state index contributed by atoms with van der Waals surface area (Å²) in [7, 11) is 3.15. The van der Waals surface area contributed by atoms with Crippen molar-refractivity contribution in [2.75, 3.05) is 27.4 Å². The fourth-order valence-electron chi connectivity index (χ4n) is 2.90. The Balaban J connectivity index is 1.90. The molecule has 1 aromatic heterocycles. The highest BCUT2D eigenvalue weighted by atomic mass is 35.5. The first-order chi connectivity index (χ1) is 14.5. The van der Waals surface area contributed by atoms with Crippen LogP contribution in [0.2, 0.25) is 5.02 Å². The van der Waals surface area contributed by atoms with Crippen LogP contribution in [0, 0.1) is 0 Å². The van der Waals surface area contributed by atoms with Crippen molar-refractivity contribution in [1.82, 2.24) is 4.57 Å². The third kappa shape index (κ3) is 5.30. The van der Waals surface area contributed by atoms with Crippen LogP contribution in [-0.4, -0.2) is 37.9 Å². The van der Waals surface area contributed by atoms with E-state index in [2.05, 4.69) is 4.99 Å². The molecule has 158 valence electrons. The fourth-order valence-corrected chi connectivity index (χ4v) is 4.24. The quantitative estimate of drug-likeness (QED) is 0.376. The van der Waals surface area contributed by atoms with E-state index in [1.165, 1.54) is 17.4 Å². The van der Waals surface area contributed by atoms with Crippen LogP contribution in [0.5, 0.6) is 11.5 Å². The molecule has 0 saturated carbocycles. The second kappa shape index (κ2) is 10.4. The highest BCUT2D eigenvalue weighted by molar-refractivity contribution is 7.16. The van der Waals surface area contributed by atoms with Crippen molar-refractivity contribution in [2.45, 2.75) is 13.5 Å². The molecule has 6 nitrogen and oxygen atoms in total. The SMILES string of the molecule is CCOCCn1c(=NC(=O)C=Cc2ccc(OC)c(OC)c2)sc2cc(Cl)ccc21. The molecule has 0 unspecified atom stereocenters. The summed E-state index contributed by atoms with van der Waals surface area (Å²) in [5.74, 6) is 0.872. The van der Waals surface area contributed by atoms with E-state index in [9.17, 15) is 4.79 Å². The van der Waals surface area contributed by atoms with Crippen LogP contribution >= 0.6 is 22.9 Å². The first-order valence-corrected chi connectivity index (χ1v) is 10.6. The number of aromatic nitrogens is 1. The molecular weight excluding hydrogens is 424 g/mol. The van der Waals surface area contributed by atoms with Gasteiger partial charge in [0.2, 0.25) is 0 Å². The monoisotopic (exact) mass is 446 g/mol. The highest BCUT2D eigenvalue weighted by Gasteiger charge is 2.08. The number of rotatable bonds is 8. The summed E-state index contributed by atoms with van der Waals surface area (Å²) in [4.78, 5) is 17.4. The third-order valence-corrected chi connectivity index (χ3v) is 5.62. The van der Waals surface area contributed by atoms with Crippen LogP contribution < -0.4 is 14.3 Å². The lowest BCUT2D eigenvalue weighted by atomic mass is 10.2. The molecule has 0 N–H and O–H groups in total. The molecule has 1 heterocycles. The molecule has 8 heteroatoms. The van der Waals surface area contributed by atoms with Gasteiger partial charge in [0.25, 0.3) is 5.91 Å². The number of thiazole rings is 1. The average molecular weight is 447 g/mol. The molecule has 3 rings (SSSR count). The van der Waals surface area contributed by atoms with Gasteiger partial charge >= 0.3 is 0 Å². The summed E-state index contributed by atoms with van der Waals surface area (Å²) in [6, 6.07) is 11.1. The molecule has 2 aromatic carbocycles. The molecule has 30 heavy (non-hydrogen) atoms. The number of hydrogen-bond donors (Lipinski definition) is 0. The predicted molar refractivity (Wildman–Crippen MR) is 120 cm³/mol. The van der Waals surface area contributed by atoms with Gasteiger partial charge in [-0.3, -0.25) is 4.79 Å². The van der Waals surface area contributed by atoms with Crippen LogP contribution in [0.1, 0.15) is 12.5 Å². The maximum Gasteiger partial charge on any atom is 0.272 e. The first-order valence-electron chi connectivity index (χ1n) is 9.41. The predicted octanol–water partition coefficient (Wildman–Crippen LogP) is 4.55. The Bertz CT molecular complexity index is 1130. The first kappa shape index (κ1) is 22.1. The lowest BCUT2D eigenvalue weighted by molar-refractivity contribution is -0.113. The molecule has 3 aromatic rings. The molecule has 0 atom stereocenters. The van der Waals surface area contributed by atoms with Gasteiger partial charge in [0, 0.05) is 24.3 Å². The van der Waals surface area contributed by atoms with Crippen LogP contribution in [0.4, 0.5) is 0 Å². The normalized spacial score (nSPS) is 12.1. The Kier molecular flexibility index (Phi) is 7.68. The second-order valence-electron chi connectivity index (χ2n) is 6.24. The molecule has 0 aliphatic rings. The molecule has 0 bridgehead atoms. The number of benzene rings is 2. The number of methoxy groups -OCH3 is 2. The van der Waals surface area contributed by atoms with Gasteiger partial charge in [-0.15, -0.1) is 0 Å². The Morgan fingerprint density at radius 1 is 1.17 bits per heavy atom. The van der Waals surface area contributed by atoms with Crippen LogP contribution in [0.15, 0.2) is 47.5 Å². The highest BCUT2D eigenvalue weighted by Crippen LogP contribution is 2.28. The van der Waals surface area contributed by atoms with Gasteiger partial charge in [0.15, 0.2) is 16.3 Å². The fraction of sp³-hybridized carbons (Fsp3) is 0.273. The minimum Gasteiger partial charge on any atom is -0.493 e. The van der Waals surface area contributed by atoms with Gasteiger partial charge in [0.05, 0.1) is 31.0 Å². The topological polar surface area (TPSA) is 62.1 Å². The maximum absolute atomic E-state index is 12.5. The van der Waals surface area contributed by atoms with Crippen LogP contribution in [-0.2, 0) is 16.1 Å². The van der Waals surface area contributed by atoms with Gasteiger partial charge in [-0.1, -0.05) is 29.0 Å². The number of halogens is 1. The number of amides is 1. The van der Waals surface area contributed by atoms with Gasteiger partial charge in [-0.25, -0.2) is 0 Å². The van der Waals surface area contributed by atoms with Gasteiger partial charge in [0.1, 0.15) is 0 Å². The van der Waals surface area contributed by atoms with E-state index < -0.39 is 0 Å². The Labute approximate surface area is 184 Å². The summed E-state index contributed by atoms with van der Waals surface area (Å²) in [6.45, 7) is 3.71. The molecule has 0 fully saturated rings. The third-order valence-electron chi connectivity index (χ3n) is 4.34.